The second-order valence-corrected chi connectivity index (χ2v) is 6.79. The number of benzene rings is 1. The third kappa shape index (κ3) is 3.67. The van der Waals surface area contributed by atoms with E-state index in [0.29, 0.717) is 17.9 Å². The number of nitrogens with one attached hydrogen (secondary N) is 2. The lowest BCUT2D eigenvalue weighted by molar-refractivity contribution is -0.385. The average Bonchev–Trinajstić information content (AvgIpc) is 2.94. The minimum absolute atomic E-state index is 0.0415. The SMILES string of the molecule is Cc1cc(NC(=O)N[C@H]2CCOC3(CCCC3)C2)ccc1[N+](=O)[O-]. The van der Waals surface area contributed by atoms with E-state index in [4.69, 9.17) is 4.74 Å². The first-order chi connectivity index (χ1) is 11.5. The predicted octanol–water partition coefficient (Wildman–Crippen LogP) is 3.52. The summed E-state index contributed by atoms with van der Waals surface area (Å²) >= 11 is 0. The van der Waals surface area contributed by atoms with Gasteiger partial charge in [-0.1, -0.05) is 12.8 Å². The number of nitro benzene ring substituents is 1. The molecule has 2 aliphatic rings. The Morgan fingerprint density at radius 1 is 1.38 bits per heavy atom. The van der Waals surface area contributed by atoms with Crippen LogP contribution in [0.25, 0.3) is 0 Å². The van der Waals surface area contributed by atoms with E-state index < -0.39 is 4.92 Å². The molecule has 2 N–H and O–H groups in total. The molecule has 3 rings (SSSR count). The van der Waals surface area contributed by atoms with Crippen LogP contribution in [0, 0.1) is 17.0 Å². The molecule has 7 nitrogen and oxygen atoms in total. The fourth-order valence-corrected chi connectivity index (χ4v) is 3.81. The number of rotatable bonds is 3. The van der Waals surface area contributed by atoms with Gasteiger partial charge in [-0.25, -0.2) is 4.79 Å². The van der Waals surface area contributed by atoms with Crippen molar-refractivity contribution in [1.29, 1.82) is 0 Å². The van der Waals surface area contributed by atoms with Crippen molar-refractivity contribution in [2.24, 2.45) is 0 Å². The van der Waals surface area contributed by atoms with Gasteiger partial charge in [0.25, 0.3) is 5.69 Å². The Balaban J connectivity index is 1.57. The summed E-state index contributed by atoms with van der Waals surface area (Å²) in [5.41, 5.74) is 1.08. The Hall–Kier alpha value is -2.15. The lowest BCUT2D eigenvalue weighted by Crippen LogP contribution is -2.48. The minimum Gasteiger partial charge on any atom is -0.375 e. The van der Waals surface area contributed by atoms with Gasteiger partial charge in [0, 0.05) is 30.0 Å². The lowest BCUT2D eigenvalue weighted by Gasteiger charge is -2.38. The molecule has 24 heavy (non-hydrogen) atoms. The van der Waals surface area contributed by atoms with Gasteiger partial charge in [-0.3, -0.25) is 10.1 Å². The van der Waals surface area contributed by atoms with Crippen LogP contribution in [0.3, 0.4) is 0 Å². The zero-order valence-electron chi connectivity index (χ0n) is 13.8. The van der Waals surface area contributed by atoms with Crippen molar-refractivity contribution in [3.63, 3.8) is 0 Å². The van der Waals surface area contributed by atoms with Crippen molar-refractivity contribution in [2.75, 3.05) is 11.9 Å². The molecule has 1 aromatic carbocycles. The van der Waals surface area contributed by atoms with Gasteiger partial charge in [-0.05, 0) is 44.7 Å². The summed E-state index contributed by atoms with van der Waals surface area (Å²) in [4.78, 5) is 22.6. The molecule has 0 unspecified atom stereocenters. The van der Waals surface area contributed by atoms with Crippen LogP contribution >= 0.6 is 0 Å². The summed E-state index contributed by atoms with van der Waals surface area (Å²) in [5.74, 6) is 0. The number of hydrogen-bond donors (Lipinski definition) is 2. The smallest absolute Gasteiger partial charge is 0.319 e. The van der Waals surface area contributed by atoms with E-state index in [0.717, 1.165) is 25.7 Å². The van der Waals surface area contributed by atoms with E-state index in [9.17, 15) is 14.9 Å². The van der Waals surface area contributed by atoms with E-state index in [1.54, 1.807) is 19.1 Å². The van der Waals surface area contributed by atoms with E-state index in [1.807, 2.05) is 0 Å². The van der Waals surface area contributed by atoms with Crippen molar-refractivity contribution < 1.29 is 14.5 Å². The minimum atomic E-state index is -0.428. The predicted molar refractivity (Wildman–Crippen MR) is 90.2 cm³/mol. The fraction of sp³-hybridized carbons (Fsp3) is 0.588. The molecule has 0 radical (unpaired) electrons. The summed E-state index contributed by atoms with van der Waals surface area (Å²) in [6.45, 7) is 2.34. The second-order valence-electron chi connectivity index (χ2n) is 6.79. The molecule has 1 aliphatic heterocycles. The Morgan fingerprint density at radius 2 is 2.12 bits per heavy atom. The van der Waals surface area contributed by atoms with E-state index >= 15 is 0 Å². The van der Waals surface area contributed by atoms with Gasteiger partial charge in [0.2, 0.25) is 0 Å². The Kier molecular flexibility index (Phi) is 4.71. The highest BCUT2D eigenvalue weighted by Crippen LogP contribution is 2.39. The van der Waals surface area contributed by atoms with Crippen molar-refractivity contribution >= 4 is 17.4 Å². The number of amides is 2. The highest BCUT2D eigenvalue weighted by atomic mass is 16.6. The highest BCUT2D eigenvalue weighted by molar-refractivity contribution is 5.89. The van der Waals surface area contributed by atoms with Crippen LogP contribution in [-0.4, -0.2) is 29.2 Å². The number of aryl methyl sites for hydroxylation is 1. The summed E-state index contributed by atoms with van der Waals surface area (Å²) < 4.78 is 5.97. The van der Waals surface area contributed by atoms with Gasteiger partial charge in [0.15, 0.2) is 0 Å². The third-order valence-electron chi connectivity index (χ3n) is 4.99. The molecule has 0 aromatic heterocycles. The Labute approximate surface area is 140 Å². The summed E-state index contributed by atoms with van der Waals surface area (Å²) in [7, 11) is 0. The summed E-state index contributed by atoms with van der Waals surface area (Å²) in [5, 5.41) is 16.6. The van der Waals surface area contributed by atoms with Crippen LogP contribution in [0.1, 0.15) is 44.1 Å². The van der Waals surface area contributed by atoms with Gasteiger partial charge in [0.1, 0.15) is 0 Å². The quantitative estimate of drug-likeness (QED) is 0.654. The van der Waals surface area contributed by atoms with Crippen molar-refractivity contribution in [3.05, 3.63) is 33.9 Å². The molecule has 2 amide bonds. The lowest BCUT2D eigenvalue weighted by atomic mass is 9.89. The highest BCUT2D eigenvalue weighted by Gasteiger charge is 2.40. The molecule has 1 saturated heterocycles. The number of carbonyl (C=O) groups excluding carboxylic acids is 1. The van der Waals surface area contributed by atoms with Gasteiger partial charge in [0.05, 0.1) is 10.5 Å². The molecule has 130 valence electrons. The standard InChI is InChI=1S/C17H23N3O4/c1-12-10-13(4-5-15(12)20(22)23)18-16(21)19-14-6-9-24-17(11-14)7-2-3-8-17/h4-5,10,14H,2-3,6-9,11H2,1H3,(H2,18,19,21)/t14-/m0/s1. The monoisotopic (exact) mass is 333 g/mol. The maximum atomic E-state index is 12.2. The maximum absolute atomic E-state index is 12.2. The molecule has 7 heteroatoms. The van der Waals surface area contributed by atoms with Crippen LogP contribution in [0.2, 0.25) is 0 Å². The van der Waals surface area contributed by atoms with Crippen molar-refractivity contribution in [3.8, 4) is 0 Å². The van der Waals surface area contributed by atoms with Gasteiger partial charge in [-0.2, -0.15) is 0 Å². The molecule has 1 saturated carbocycles. The van der Waals surface area contributed by atoms with Gasteiger partial charge < -0.3 is 15.4 Å². The van der Waals surface area contributed by atoms with E-state index in [-0.39, 0.29) is 23.4 Å². The first kappa shape index (κ1) is 16.7. The number of urea groups is 1. The molecule has 1 aliphatic carbocycles. The Morgan fingerprint density at radius 3 is 2.79 bits per heavy atom. The second kappa shape index (κ2) is 6.76. The molecule has 1 spiro atoms. The summed E-state index contributed by atoms with van der Waals surface area (Å²) in [6.07, 6.45) is 6.22. The average molecular weight is 333 g/mol. The van der Waals surface area contributed by atoms with Crippen LogP contribution in [-0.2, 0) is 4.74 Å². The first-order valence-corrected chi connectivity index (χ1v) is 8.44. The molecular formula is C17H23N3O4. The maximum Gasteiger partial charge on any atom is 0.319 e. The first-order valence-electron chi connectivity index (χ1n) is 8.44. The number of ether oxygens (including phenoxy) is 1. The molecule has 1 atom stereocenters. The van der Waals surface area contributed by atoms with E-state index in [2.05, 4.69) is 10.6 Å². The molecule has 0 bridgehead atoms. The van der Waals surface area contributed by atoms with Crippen molar-refractivity contribution in [2.45, 2.75) is 57.1 Å². The summed E-state index contributed by atoms with van der Waals surface area (Å²) in [6, 6.07) is 4.40. The molecule has 1 heterocycles. The number of hydrogen-bond acceptors (Lipinski definition) is 4. The van der Waals surface area contributed by atoms with E-state index in [1.165, 1.54) is 18.9 Å². The normalized spacial score (nSPS) is 22.3. The number of anilines is 1. The fourth-order valence-electron chi connectivity index (χ4n) is 3.81. The largest absolute Gasteiger partial charge is 0.375 e. The molecule has 1 aromatic rings. The van der Waals surface area contributed by atoms with Crippen LogP contribution < -0.4 is 10.6 Å². The zero-order chi connectivity index (χ0) is 17.2. The Bertz CT molecular complexity index is 641. The third-order valence-corrected chi connectivity index (χ3v) is 4.99. The van der Waals surface area contributed by atoms with Crippen LogP contribution in [0.5, 0.6) is 0 Å². The van der Waals surface area contributed by atoms with Crippen molar-refractivity contribution in [1.82, 2.24) is 5.32 Å². The van der Waals surface area contributed by atoms with Gasteiger partial charge >= 0.3 is 6.03 Å². The molecule has 2 fully saturated rings. The molecular weight excluding hydrogens is 310 g/mol. The number of nitrogens with zero attached hydrogens (tertiary/aromatic N) is 1. The number of carbonyl (C=O) groups is 1. The zero-order valence-corrected chi connectivity index (χ0v) is 13.8. The number of nitro groups is 1. The van der Waals surface area contributed by atoms with Crippen LogP contribution in [0.15, 0.2) is 18.2 Å². The van der Waals surface area contributed by atoms with Gasteiger partial charge in [-0.15, -0.1) is 0 Å². The topological polar surface area (TPSA) is 93.5 Å². The van der Waals surface area contributed by atoms with Crippen LogP contribution in [0.4, 0.5) is 16.2 Å².